The topological polar surface area (TPSA) is 63.8 Å². The van der Waals surface area contributed by atoms with Gasteiger partial charge in [-0.05, 0) is 24.3 Å². The molecule has 0 amide bonds. The van der Waals surface area contributed by atoms with Gasteiger partial charge in [0.15, 0.2) is 0 Å². The van der Waals surface area contributed by atoms with Crippen LogP contribution in [0.3, 0.4) is 0 Å². The van der Waals surface area contributed by atoms with Crippen molar-refractivity contribution in [2.24, 2.45) is 0 Å². The van der Waals surface area contributed by atoms with Crippen molar-refractivity contribution in [1.82, 2.24) is 10.2 Å². The zero-order valence-electron chi connectivity index (χ0n) is 8.84. The van der Waals surface area contributed by atoms with Crippen molar-refractivity contribution in [2.75, 3.05) is 16.7 Å². The van der Waals surface area contributed by atoms with Crippen molar-refractivity contribution in [3.8, 4) is 11.3 Å². The van der Waals surface area contributed by atoms with E-state index in [4.69, 9.17) is 5.73 Å². The Morgan fingerprint density at radius 3 is 2.75 bits per heavy atom. The van der Waals surface area contributed by atoms with Gasteiger partial charge in [-0.25, -0.2) is 0 Å². The zero-order valence-corrected chi connectivity index (χ0v) is 9.66. The predicted octanol–water partition coefficient (Wildman–Crippen LogP) is 2.42. The Kier molecular flexibility index (Phi) is 3.26. The van der Waals surface area contributed by atoms with E-state index in [1.165, 1.54) is 0 Å². The van der Waals surface area contributed by atoms with Crippen molar-refractivity contribution >= 4 is 23.5 Å². The predicted molar refractivity (Wildman–Crippen MR) is 69.0 cm³/mol. The number of aromatic nitrogens is 2. The Bertz CT molecular complexity index is 470. The maximum absolute atomic E-state index is 5.49. The van der Waals surface area contributed by atoms with Crippen LogP contribution >= 0.6 is 11.9 Å². The number of nitrogens with two attached hydrogens (primary N) is 1. The molecule has 2 rings (SSSR count). The first-order chi connectivity index (χ1) is 7.79. The van der Waals surface area contributed by atoms with Crippen LogP contribution in [0.4, 0.5) is 11.5 Å². The standard InChI is InChI=1S/C11H12N4S/c1-16-15-9-4-2-3-8(7-9)10-5-6-11(12)14-13-10/h2-7,15H,1H3,(H2,12,14). The number of hydrogen-bond acceptors (Lipinski definition) is 5. The number of benzene rings is 1. The molecule has 0 saturated heterocycles. The normalized spacial score (nSPS) is 10.1. The molecule has 3 N–H and O–H groups in total. The Morgan fingerprint density at radius 1 is 1.19 bits per heavy atom. The summed E-state index contributed by atoms with van der Waals surface area (Å²) in [7, 11) is 0. The lowest BCUT2D eigenvalue weighted by atomic mass is 10.1. The summed E-state index contributed by atoms with van der Waals surface area (Å²) in [6.45, 7) is 0. The fourth-order valence-electron chi connectivity index (χ4n) is 1.36. The maximum atomic E-state index is 5.49. The molecule has 0 saturated carbocycles. The van der Waals surface area contributed by atoms with Crippen molar-refractivity contribution in [1.29, 1.82) is 0 Å². The van der Waals surface area contributed by atoms with Crippen LogP contribution < -0.4 is 10.5 Å². The van der Waals surface area contributed by atoms with Gasteiger partial charge in [0.2, 0.25) is 0 Å². The zero-order chi connectivity index (χ0) is 11.4. The van der Waals surface area contributed by atoms with Gasteiger partial charge in [-0.15, -0.1) is 10.2 Å². The highest BCUT2D eigenvalue weighted by Crippen LogP contribution is 2.21. The van der Waals surface area contributed by atoms with Gasteiger partial charge in [-0.3, -0.25) is 0 Å². The van der Waals surface area contributed by atoms with Gasteiger partial charge in [0.25, 0.3) is 0 Å². The first-order valence-electron chi connectivity index (χ1n) is 4.78. The molecule has 1 aromatic carbocycles. The molecule has 0 aliphatic rings. The van der Waals surface area contributed by atoms with Gasteiger partial charge in [-0.1, -0.05) is 24.1 Å². The first kappa shape index (κ1) is 10.8. The minimum absolute atomic E-state index is 0.433. The summed E-state index contributed by atoms with van der Waals surface area (Å²) >= 11 is 1.56. The lowest BCUT2D eigenvalue weighted by Crippen LogP contribution is -1.94. The Morgan fingerprint density at radius 2 is 2.06 bits per heavy atom. The van der Waals surface area contributed by atoms with Crippen LogP contribution in [0.1, 0.15) is 0 Å². The molecular weight excluding hydrogens is 220 g/mol. The molecule has 82 valence electrons. The Labute approximate surface area is 98.4 Å². The van der Waals surface area contributed by atoms with Crippen LogP contribution in [0.2, 0.25) is 0 Å². The van der Waals surface area contributed by atoms with E-state index >= 15 is 0 Å². The van der Waals surface area contributed by atoms with E-state index in [1.54, 1.807) is 18.0 Å². The molecule has 0 aliphatic carbocycles. The lowest BCUT2D eigenvalue weighted by Gasteiger charge is -2.04. The highest BCUT2D eigenvalue weighted by atomic mass is 32.2. The van der Waals surface area contributed by atoms with Crippen molar-refractivity contribution in [3.63, 3.8) is 0 Å². The van der Waals surface area contributed by atoms with Crippen LogP contribution in [0, 0.1) is 0 Å². The van der Waals surface area contributed by atoms with Gasteiger partial charge in [0.05, 0.1) is 5.69 Å². The average Bonchev–Trinajstić information content (AvgIpc) is 2.31. The molecule has 16 heavy (non-hydrogen) atoms. The number of nitrogens with zero attached hydrogens (tertiary/aromatic N) is 2. The van der Waals surface area contributed by atoms with Gasteiger partial charge < -0.3 is 10.5 Å². The van der Waals surface area contributed by atoms with E-state index in [2.05, 4.69) is 14.9 Å². The van der Waals surface area contributed by atoms with Gasteiger partial charge in [0, 0.05) is 17.5 Å². The molecule has 1 aromatic heterocycles. The first-order valence-corrected chi connectivity index (χ1v) is 6.01. The SMILES string of the molecule is CSNc1cccc(-c2ccc(N)nn2)c1. The Balaban J connectivity index is 2.32. The minimum Gasteiger partial charge on any atom is -0.382 e. The van der Waals surface area contributed by atoms with Gasteiger partial charge in [0.1, 0.15) is 5.82 Å². The number of hydrogen-bond donors (Lipinski definition) is 2. The van der Waals surface area contributed by atoms with E-state index in [9.17, 15) is 0 Å². The second-order valence-electron chi connectivity index (χ2n) is 3.23. The second kappa shape index (κ2) is 4.85. The average molecular weight is 232 g/mol. The monoisotopic (exact) mass is 232 g/mol. The van der Waals surface area contributed by atoms with Crippen LogP contribution in [0.15, 0.2) is 36.4 Å². The summed E-state index contributed by atoms with van der Waals surface area (Å²) < 4.78 is 3.17. The van der Waals surface area contributed by atoms with Gasteiger partial charge in [-0.2, -0.15) is 0 Å². The molecular formula is C11H12N4S. The van der Waals surface area contributed by atoms with E-state index in [1.807, 2.05) is 36.6 Å². The van der Waals surface area contributed by atoms with Crippen molar-refractivity contribution in [2.45, 2.75) is 0 Å². The number of rotatable bonds is 3. The quantitative estimate of drug-likeness (QED) is 0.796. The maximum Gasteiger partial charge on any atom is 0.146 e. The van der Waals surface area contributed by atoms with E-state index in [0.717, 1.165) is 16.9 Å². The molecule has 0 radical (unpaired) electrons. The molecule has 0 spiro atoms. The third-order valence-corrected chi connectivity index (χ3v) is 2.50. The molecule has 0 bridgehead atoms. The van der Waals surface area contributed by atoms with Crippen LogP contribution in [-0.2, 0) is 0 Å². The summed E-state index contributed by atoms with van der Waals surface area (Å²) in [4.78, 5) is 0. The highest BCUT2D eigenvalue weighted by Gasteiger charge is 2.00. The van der Waals surface area contributed by atoms with E-state index in [0.29, 0.717) is 5.82 Å². The lowest BCUT2D eigenvalue weighted by molar-refractivity contribution is 1.05. The number of nitrogen functional groups attached to an aromatic ring is 1. The molecule has 0 aliphatic heterocycles. The third kappa shape index (κ3) is 2.43. The smallest absolute Gasteiger partial charge is 0.146 e. The van der Waals surface area contributed by atoms with Crippen LogP contribution in [-0.4, -0.2) is 16.5 Å². The number of nitrogens with one attached hydrogen (secondary N) is 1. The number of anilines is 2. The molecule has 0 fully saturated rings. The van der Waals surface area contributed by atoms with Crippen molar-refractivity contribution in [3.05, 3.63) is 36.4 Å². The van der Waals surface area contributed by atoms with E-state index < -0.39 is 0 Å². The van der Waals surface area contributed by atoms with Crippen LogP contribution in [0.5, 0.6) is 0 Å². The molecule has 4 nitrogen and oxygen atoms in total. The van der Waals surface area contributed by atoms with Crippen LogP contribution in [0.25, 0.3) is 11.3 Å². The second-order valence-corrected chi connectivity index (χ2v) is 3.84. The van der Waals surface area contributed by atoms with E-state index in [-0.39, 0.29) is 0 Å². The summed E-state index contributed by atoms with van der Waals surface area (Å²) in [5, 5.41) is 7.87. The molecule has 0 atom stereocenters. The molecule has 5 heteroatoms. The molecule has 1 heterocycles. The fourth-order valence-corrected chi connectivity index (χ4v) is 1.72. The molecule has 0 unspecified atom stereocenters. The largest absolute Gasteiger partial charge is 0.382 e. The summed E-state index contributed by atoms with van der Waals surface area (Å²) in [5.74, 6) is 0.433. The third-order valence-electron chi connectivity index (χ3n) is 2.06. The Hall–Kier alpha value is -1.75. The summed E-state index contributed by atoms with van der Waals surface area (Å²) in [6.07, 6.45) is 1.98. The minimum atomic E-state index is 0.433. The summed E-state index contributed by atoms with van der Waals surface area (Å²) in [6, 6.07) is 11.6. The summed E-state index contributed by atoms with van der Waals surface area (Å²) in [5.41, 5.74) is 8.38. The van der Waals surface area contributed by atoms with Crippen molar-refractivity contribution < 1.29 is 0 Å². The fraction of sp³-hybridized carbons (Fsp3) is 0.0909. The molecule has 2 aromatic rings. The van der Waals surface area contributed by atoms with Gasteiger partial charge >= 0.3 is 0 Å². The highest BCUT2D eigenvalue weighted by molar-refractivity contribution is 7.99.